The molecule has 0 amide bonds. The highest BCUT2D eigenvalue weighted by molar-refractivity contribution is 7.89. The number of nitriles is 1. The molecule has 0 spiro atoms. The minimum absolute atomic E-state index is 0.117. The molecule has 12 nitrogen and oxygen atoms in total. The standard InChI is InChI=1S/C21H26N10O2S/c1-12-16(11-22)19(31(28-12)14-7-9-15(10-8-14)34(32,33)23-6)26-25-17-18(21(3,4)5)29-30-13(2)24-27-20(17)30/h7-10,17,20,23,27H,1-6H3. The molecule has 0 saturated heterocycles. The maximum atomic E-state index is 12.1. The van der Waals surface area contributed by atoms with E-state index in [0.717, 1.165) is 11.5 Å². The molecule has 0 fully saturated rings. The largest absolute Gasteiger partial charge is 0.281 e. The molecule has 178 valence electrons. The molecule has 4 rings (SSSR count). The zero-order chi connectivity index (χ0) is 24.8. The van der Waals surface area contributed by atoms with E-state index in [1.807, 2.05) is 6.92 Å². The number of fused-ring (bicyclic) bond motifs is 1. The summed E-state index contributed by atoms with van der Waals surface area (Å²) in [5.41, 5.74) is 4.95. The van der Waals surface area contributed by atoms with Crippen LogP contribution in [-0.4, -0.2) is 54.0 Å². The number of nitrogens with one attached hydrogen (secondary N) is 2. The lowest BCUT2D eigenvalue weighted by molar-refractivity contribution is 0.324. The Bertz CT molecular complexity index is 1360. The highest BCUT2D eigenvalue weighted by Gasteiger charge is 2.46. The Morgan fingerprint density at radius 3 is 2.47 bits per heavy atom. The third-order valence-corrected chi connectivity index (χ3v) is 7.03. The van der Waals surface area contributed by atoms with Gasteiger partial charge in [-0.15, -0.1) is 5.11 Å². The van der Waals surface area contributed by atoms with Gasteiger partial charge >= 0.3 is 0 Å². The molecule has 2 aliphatic rings. The highest BCUT2D eigenvalue weighted by atomic mass is 32.2. The van der Waals surface area contributed by atoms with E-state index in [2.05, 4.69) is 57.4 Å². The monoisotopic (exact) mass is 482 g/mol. The summed E-state index contributed by atoms with van der Waals surface area (Å²) in [5, 5.41) is 34.0. The zero-order valence-corrected chi connectivity index (χ0v) is 20.6. The van der Waals surface area contributed by atoms with Crippen molar-refractivity contribution >= 4 is 27.4 Å². The van der Waals surface area contributed by atoms with Gasteiger partial charge in [-0.2, -0.15) is 25.7 Å². The van der Waals surface area contributed by atoms with Crippen molar-refractivity contribution in [3.63, 3.8) is 0 Å². The van der Waals surface area contributed by atoms with Gasteiger partial charge in [0.15, 0.2) is 18.0 Å². The number of hydrazone groups is 2. The summed E-state index contributed by atoms with van der Waals surface area (Å²) in [6, 6.07) is 7.85. The number of aromatic nitrogens is 2. The van der Waals surface area contributed by atoms with Gasteiger partial charge in [0.2, 0.25) is 10.0 Å². The van der Waals surface area contributed by atoms with Gasteiger partial charge in [-0.1, -0.05) is 20.8 Å². The number of nitrogens with zero attached hydrogens (tertiary/aromatic N) is 8. The fraction of sp³-hybridized carbons (Fsp3) is 0.429. The Labute approximate surface area is 198 Å². The molecule has 0 saturated carbocycles. The number of azo groups is 1. The molecule has 2 unspecified atom stereocenters. The maximum absolute atomic E-state index is 12.1. The van der Waals surface area contributed by atoms with E-state index in [9.17, 15) is 13.7 Å². The summed E-state index contributed by atoms with van der Waals surface area (Å²) in [5.74, 6) is 0.992. The van der Waals surface area contributed by atoms with Crippen LogP contribution in [0.2, 0.25) is 0 Å². The number of benzene rings is 1. The molecule has 34 heavy (non-hydrogen) atoms. The van der Waals surface area contributed by atoms with E-state index in [0.29, 0.717) is 11.4 Å². The van der Waals surface area contributed by atoms with Crippen molar-refractivity contribution in [1.29, 1.82) is 5.26 Å². The number of hydrogen-bond donors (Lipinski definition) is 2. The Morgan fingerprint density at radius 2 is 1.88 bits per heavy atom. The maximum Gasteiger partial charge on any atom is 0.240 e. The van der Waals surface area contributed by atoms with Gasteiger partial charge in [-0.05, 0) is 45.2 Å². The first kappa shape index (κ1) is 23.5. The molecule has 1 aromatic carbocycles. The number of rotatable bonds is 5. The molecule has 2 N–H and O–H groups in total. The van der Waals surface area contributed by atoms with Crippen LogP contribution in [0.4, 0.5) is 5.82 Å². The van der Waals surface area contributed by atoms with E-state index < -0.39 is 16.1 Å². The average molecular weight is 483 g/mol. The summed E-state index contributed by atoms with van der Waals surface area (Å²) >= 11 is 0. The predicted molar refractivity (Wildman–Crippen MR) is 126 cm³/mol. The number of sulfonamides is 1. The van der Waals surface area contributed by atoms with Gasteiger partial charge in [-0.25, -0.2) is 22.8 Å². The lowest BCUT2D eigenvalue weighted by atomic mass is 9.85. The number of amidine groups is 1. The van der Waals surface area contributed by atoms with Crippen LogP contribution in [0.15, 0.2) is 49.6 Å². The zero-order valence-electron chi connectivity index (χ0n) is 19.8. The Balaban J connectivity index is 1.75. The summed E-state index contributed by atoms with van der Waals surface area (Å²) in [7, 11) is -2.23. The van der Waals surface area contributed by atoms with E-state index in [1.165, 1.54) is 23.9 Å². The molecule has 2 aromatic rings. The third-order valence-electron chi connectivity index (χ3n) is 5.60. The van der Waals surface area contributed by atoms with Crippen LogP contribution in [0.5, 0.6) is 0 Å². The quantitative estimate of drug-likeness (QED) is 0.624. The fourth-order valence-corrected chi connectivity index (χ4v) is 4.49. The van der Waals surface area contributed by atoms with Gasteiger partial charge in [0.05, 0.1) is 22.0 Å². The Kier molecular flexibility index (Phi) is 5.74. The number of hydrogen-bond acceptors (Lipinski definition) is 10. The van der Waals surface area contributed by atoms with Crippen LogP contribution in [-0.2, 0) is 10.0 Å². The Morgan fingerprint density at radius 1 is 1.21 bits per heavy atom. The van der Waals surface area contributed by atoms with Crippen molar-refractivity contribution in [3.8, 4) is 11.8 Å². The molecular weight excluding hydrogens is 456 g/mol. The molecule has 1 aromatic heterocycles. The van der Waals surface area contributed by atoms with Crippen molar-refractivity contribution in [2.24, 2.45) is 25.8 Å². The van der Waals surface area contributed by atoms with Crippen molar-refractivity contribution in [2.75, 3.05) is 7.05 Å². The first-order chi connectivity index (χ1) is 16.0. The second-order valence-electron chi connectivity index (χ2n) is 8.98. The summed E-state index contributed by atoms with van der Waals surface area (Å²) < 4.78 is 27.9. The average Bonchev–Trinajstić information content (AvgIpc) is 3.44. The van der Waals surface area contributed by atoms with E-state index in [1.54, 1.807) is 24.1 Å². The molecule has 3 heterocycles. The van der Waals surface area contributed by atoms with Gasteiger partial charge in [-0.3, -0.25) is 5.43 Å². The molecule has 2 atom stereocenters. The third kappa shape index (κ3) is 3.95. The van der Waals surface area contributed by atoms with E-state index >= 15 is 0 Å². The fourth-order valence-electron chi connectivity index (χ4n) is 3.76. The van der Waals surface area contributed by atoms with Crippen molar-refractivity contribution < 1.29 is 8.42 Å². The SMILES string of the molecule is CNS(=O)(=O)c1ccc(-n2nc(C)c(C#N)c2N=NC2C(C(C)(C)C)=NN3C(C)=NNC23)cc1. The van der Waals surface area contributed by atoms with Gasteiger partial charge in [0.25, 0.3) is 0 Å². The normalized spacial score (nSPS) is 20.2. The van der Waals surface area contributed by atoms with Crippen LogP contribution in [0, 0.1) is 23.7 Å². The molecule has 0 aliphatic carbocycles. The molecular formula is C21H26N10O2S. The van der Waals surface area contributed by atoms with Crippen LogP contribution >= 0.6 is 0 Å². The predicted octanol–water partition coefficient (Wildman–Crippen LogP) is 2.39. The molecule has 0 bridgehead atoms. The summed E-state index contributed by atoms with van der Waals surface area (Å²) in [4.78, 5) is 0.117. The molecule has 0 radical (unpaired) electrons. The van der Waals surface area contributed by atoms with Gasteiger partial charge < -0.3 is 0 Å². The van der Waals surface area contributed by atoms with Gasteiger partial charge in [0, 0.05) is 5.41 Å². The summed E-state index contributed by atoms with van der Waals surface area (Å²) in [6.07, 6.45) is -0.299. The first-order valence-corrected chi connectivity index (χ1v) is 12.1. The van der Waals surface area contributed by atoms with Crippen LogP contribution in [0.1, 0.15) is 39.0 Å². The second-order valence-corrected chi connectivity index (χ2v) is 10.9. The first-order valence-electron chi connectivity index (χ1n) is 10.6. The van der Waals surface area contributed by atoms with Crippen molar-refractivity contribution in [3.05, 3.63) is 35.5 Å². The smallest absolute Gasteiger partial charge is 0.240 e. The topological polar surface area (TPSA) is 152 Å². The van der Waals surface area contributed by atoms with E-state index in [-0.39, 0.29) is 27.9 Å². The lowest BCUT2D eigenvalue weighted by Crippen LogP contribution is -2.43. The van der Waals surface area contributed by atoms with Crippen molar-refractivity contribution in [2.45, 2.75) is 51.7 Å². The van der Waals surface area contributed by atoms with Gasteiger partial charge in [0.1, 0.15) is 17.5 Å². The van der Waals surface area contributed by atoms with Crippen LogP contribution in [0.25, 0.3) is 5.69 Å². The Hall–Kier alpha value is -3.63. The molecule has 13 heteroatoms. The van der Waals surface area contributed by atoms with Crippen LogP contribution < -0.4 is 10.1 Å². The van der Waals surface area contributed by atoms with E-state index in [4.69, 9.17) is 5.10 Å². The minimum atomic E-state index is -3.58. The molecule has 2 aliphatic heterocycles. The summed E-state index contributed by atoms with van der Waals surface area (Å²) in [6.45, 7) is 9.74. The lowest BCUT2D eigenvalue weighted by Gasteiger charge is -2.22. The van der Waals surface area contributed by atoms with Crippen LogP contribution in [0.3, 0.4) is 0 Å². The minimum Gasteiger partial charge on any atom is -0.281 e. The highest BCUT2D eigenvalue weighted by Crippen LogP contribution is 2.33. The van der Waals surface area contributed by atoms with Crippen molar-refractivity contribution in [1.82, 2.24) is 24.9 Å². The number of aryl methyl sites for hydroxylation is 1. The second kappa shape index (κ2) is 8.30.